The van der Waals surface area contributed by atoms with Crippen molar-refractivity contribution in [2.45, 2.75) is 130 Å². The number of phenols is 3. The number of esters is 1. The first-order chi connectivity index (χ1) is 45.8. The lowest BCUT2D eigenvalue weighted by atomic mass is 9.78. The monoisotopic (exact) mass is 1360 g/mol. The summed E-state index contributed by atoms with van der Waals surface area (Å²) in [4.78, 5) is 59.0. The maximum Gasteiger partial charge on any atom is 0.573 e. The first kappa shape index (κ1) is 72.0. The minimum Gasteiger partial charge on any atom is -0.507 e. The summed E-state index contributed by atoms with van der Waals surface area (Å²) in [6, 6.07) is 13.3. The Labute approximate surface area is 558 Å². The average molecular weight is 1360 g/mol. The summed E-state index contributed by atoms with van der Waals surface area (Å²) >= 11 is 0. The van der Waals surface area contributed by atoms with Crippen molar-refractivity contribution in [3.8, 4) is 46.3 Å². The Morgan fingerprint density at radius 3 is 2.13 bits per heavy atom. The number of carbonyl (C=O) groups is 3. The number of fused-ring (bicyclic) bond motifs is 15. The number of allylic oxidation sites excluding steroid dienone is 2. The van der Waals surface area contributed by atoms with Gasteiger partial charge < -0.3 is 88.7 Å². The molecule has 97 heavy (non-hydrogen) atoms. The molecule has 7 heterocycles. The highest BCUT2D eigenvalue weighted by atomic mass is 19.4. The summed E-state index contributed by atoms with van der Waals surface area (Å²) in [5.74, 6) is -7.70. The summed E-state index contributed by atoms with van der Waals surface area (Å²) in [7, 11) is 3.42. The predicted octanol–water partition coefficient (Wildman–Crippen LogP) is 9.30. The fraction of sp³-hybridized carbons (Fsp3) is 0.485. The zero-order valence-electron chi connectivity index (χ0n) is 55.7. The van der Waals surface area contributed by atoms with Crippen LogP contribution in [0.25, 0.3) is 10.8 Å². The second-order valence-corrected chi connectivity index (χ2v) is 25.5. The standard InChI is InChI=1S/C43H58N4O12.C25H25F3N4O6/c1-21-12-11-13-22(2)42(55)45-33-28(20-44-47-17-15-46(9)16-18-47)37(52)30-31(38(33)53)36(51)26(6)40-32(30)41(54)43(8,59-40)57-19-14-29(56-10)23(3)39(58-27(7)48)25(5)35(50)24(4)34(21)49;1-24(15-31-14-22(32(33)34)29-23(31)38-24)16-35-18-4-2-17(3-5-18)30-12-10-20(11-13-30)36-19-6-8-21(9-7-19)37-25(26,27)28/h11-14,19-21,23-25,29,34-35,39,49-53H,15-18H2,1-10H3,(H,45,55);2-9,14,20H,10-13,15-16H2,1H3/b12-11+,19-14+,22-13-,44-20+;/t21-,23+,24+,25+,29-,34-,35+,39+,43-;24-/m01/s1. The third-order valence-electron chi connectivity index (χ3n) is 18.2. The number of nitro groups is 1. The number of methoxy groups -OCH3 is 1. The van der Waals surface area contributed by atoms with E-state index in [1.165, 1.54) is 89.9 Å². The molecule has 29 heteroatoms. The van der Waals surface area contributed by atoms with Gasteiger partial charge in [0.05, 0.1) is 59.5 Å². The fourth-order valence-electron chi connectivity index (χ4n) is 12.4. The Morgan fingerprint density at radius 2 is 1.52 bits per heavy atom. The van der Waals surface area contributed by atoms with E-state index in [-0.39, 0.29) is 74.8 Å². The minimum atomic E-state index is -4.72. The third-order valence-corrected chi connectivity index (χ3v) is 18.2. The van der Waals surface area contributed by atoms with E-state index in [9.17, 15) is 63.2 Å². The lowest BCUT2D eigenvalue weighted by molar-refractivity contribution is -0.389. The van der Waals surface area contributed by atoms with Gasteiger partial charge in [0.15, 0.2) is 11.4 Å². The molecule has 10 atom stereocenters. The summed E-state index contributed by atoms with van der Waals surface area (Å²) in [6.45, 7) is 19.1. The van der Waals surface area contributed by atoms with Gasteiger partial charge in [-0.05, 0) is 87.3 Å². The van der Waals surface area contributed by atoms with Crippen LogP contribution in [0, 0.1) is 40.7 Å². The number of Topliss-reactive ketones (excluding diaryl/α,β-unsaturated/α-hetero) is 1. The van der Waals surface area contributed by atoms with E-state index in [0.29, 0.717) is 31.1 Å². The molecule has 5 bridgehead atoms. The molecule has 0 radical (unpaired) electrons. The highest BCUT2D eigenvalue weighted by Gasteiger charge is 2.50. The van der Waals surface area contributed by atoms with E-state index in [1.807, 2.05) is 38.2 Å². The molecule has 1 amide bonds. The lowest BCUT2D eigenvalue weighted by Gasteiger charge is -2.38. The number of piperidine rings is 1. The molecular formula is C68H83F3N8O18. The van der Waals surface area contributed by atoms with Gasteiger partial charge >= 0.3 is 29.9 Å². The van der Waals surface area contributed by atoms with Crippen molar-refractivity contribution >= 4 is 51.8 Å². The van der Waals surface area contributed by atoms with Crippen LogP contribution < -0.4 is 33.9 Å². The van der Waals surface area contributed by atoms with Gasteiger partial charge in [0.1, 0.15) is 59.5 Å². The highest BCUT2D eigenvalue weighted by Crippen LogP contribution is 2.55. The maximum atomic E-state index is 14.4. The van der Waals surface area contributed by atoms with Crippen LogP contribution in [0.5, 0.6) is 46.3 Å². The number of nitrogens with zero attached hydrogens (tertiary/aromatic N) is 7. The zero-order valence-corrected chi connectivity index (χ0v) is 55.7. The van der Waals surface area contributed by atoms with Crippen molar-refractivity contribution in [2.75, 3.05) is 70.2 Å². The Balaban J connectivity index is 0.000000249. The van der Waals surface area contributed by atoms with Gasteiger partial charge in [-0.15, -0.1) is 13.2 Å². The molecule has 1 aromatic heterocycles. The molecule has 2 fully saturated rings. The van der Waals surface area contributed by atoms with Gasteiger partial charge in [-0.2, -0.15) is 5.10 Å². The number of ether oxygens (including phenoxy) is 8. The van der Waals surface area contributed by atoms with Gasteiger partial charge in [0, 0.05) is 124 Å². The Hall–Kier alpha value is -9.32. The number of phenolic OH excluding ortho intramolecular Hbond substituents is 3. The SMILES string of the molecule is CO[C@H]1/C=C/O[C@@]2(C)Oc3c(C)c(O)c4c(O)c(c(/C=N/N5CCN(C)CC5)c(O)c4c3C2=O)NC(=O)/C(C)=C\C=C\[C@H](C)[C@H](O)[C@@H](C)[C@@H](O)[C@@H](C)[C@H](OC(C)=O)[C@@H]1C.C[C@]1(COc2ccc(N3CCC(Oc4ccc(OC(F)(F)F)cc4)CC3)cc2)Cn2cc([N+](=O)[O-])nc2O1. The van der Waals surface area contributed by atoms with Gasteiger partial charge in [0.2, 0.25) is 0 Å². The maximum absolute atomic E-state index is 14.4. The Bertz CT molecular complexity index is 3800. The van der Waals surface area contributed by atoms with Crippen LogP contribution in [0.2, 0.25) is 0 Å². The predicted molar refractivity (Wildman–Crippen MR) is 349 cm³/mol. The molecule has 0 unspecified atom stereocenters. The minimum absolute atomic E-state index is 0.0356. The number of nitrogens with one attached hydrogen (secondary N) is 1. The molecule has 0 aliphatic carbocycles. The van der Waals surface area contributed by atoms with Gasteiger partial charge in [-0.1, -0.05) is 45.9 Å². The molecular weight excluding hydrogens is 1270 g/mol. The van der Waals surface area contributed by atoms with Crippen LogP contribution in [0.3, 0.4) is 0 Å². The summed E-state index contributed by atoms with van der Waals surface area (Å²) in [6.07, 6.45) is 2.99. The number of hydrazone groups is 1. The Kier molecular flexibility index (Phi) is 21.9. The number of amides is 1. The number of halogens is 3. The number of hydrogen-bond donors (Lipinski definition) is 6. The summed E-state index contributed by atoms with van der Waals surface area (Å²) in [5, 5.41) is 77.7. The molecule has 26 nitrogen and oxygen atoms in total. The molecule has 4 aromatic carbocycles. The molecule has 6 aliphatic rings. The van der Waals surface area contributed by atoms with Gasteiger partial charge in [-0.3, -0.25) is 24.0 Å². The van der Waals surface area contributed by atoms with Crippen LogP contribution in [0.15, 0.2) is 96.0 Å². The quantitative estimate of drug-likeness (QED) is 0.0169. The van der Waals surface area contributed by atoms with Crippen molar-refractivity contribution in [1.82, 2.24) is 19.5 Å². The van der Waals surface area contributed by atoms with E-state index < -0.39 is 106 Å². The second-order valence-electron chi connectivity index (χ2n) is 25.5. The number of imidazole rings is 1. The first-order valence-electron chi connectivity index (χ1n) is 31.7. The number of anilines is 2. The van der Waals surface area contributed by atoms with Crippen molar-refractivity contribution in [3.63, 3.8) is 0 Å². The number of ketones is 1. The van der Waals surface area contributed by atoms with Crippen LogP contribution in [0.1, 0.15) is 89.7 Å². The van der Waals surface area contributed by atoms with E-state index in [0.717, 1.165) is 44.7 Å². The molecule has 11 rings (SSSR count). The zero-order chi connectivity index (χ0) is 70.6. The number of aliphatic hydroxyl groups excluding tert-OH is 2. The summed E-state index contributed by atoms with van der Waals surface area (Å²) < 4.78 is 83.7. The number of likely N-dealkylation sites (N-methyl/N-ethyl adjacent to an activating group) is 1. The highest BCUT2D eigenvalue weighted by molar-refractivity contribution is 6.24. The normalized spacial score (nSPS) is 27.2. The number of carbonyl (C=O) groups excluding carboxylic acids is 3. The number of aromatic nitrogens is 2. The third kappa shape index (κ3) is 16.4. The van der Waals surface area contributed by atoms with E-state index >= 15 is 0 Å². The molecule has 6 N–H and O–H groups in total. The topological polar surface area (TPSA) is 321 Å². The lowest BCUT2D eigenvalue weighted by Crippen LogP contribution is -2.46. The van der Waals surface area contributed by atoms with Crippen molar-refractivity contribution in [2.24, 2.45) is 28.8 Å². The average Bonchev–Trinajstić information content (AvgIpc) is 1.64. The molecule has 0 spiro atoms. The number of aliphatic hydroxyl groups is 2. The van der Waals surface area contributed by atoms with Crippen molar-refractivity contribution in [1.29, 1.82) is 0 Å². The van der Waals surface area contributed by atoms with E-state index in [4.69, 9.17) is 33.2 Å². The number of benzene rings is 4. The van der Waals surface area contributed by atoms with Gasteiger partial charge in [0.25, 0.3) is 11.7 Å². The fourth-order valence-corrected chi connectivity index (χ4v) is 12.4. The first-order valence-corrected chi connectivity index (χ1v) is 31.7. The van der Waals surface area contributed by atoms with Crippen LogP contribution in [0.4, 0.5) is 30.4 Å². The molecule has 524 valence electrons. The molecule has 0 saturated carbocycles. The molecule has 2 saturated heterocycles. The van der Waals surface area contributed by atoms with Gasteiger partial charge in [-0.25, -0.2) is 0 Å². The number of piperazine rings is 1. The Morgan fingerprint density at radius 1 is 0.866 bits per heavy atom. The number of rotatable bonds is 12. The number of hydrogen-bond acceptors (Lipinski definition) is 23. The van der Waals surface area contributed by atoms with E-state index in [2.05, 4.69) is 29.9 Å². The van der Waals surface area contributed by atoms with Crippen LogP contribution in [-0.2, 0) is 30.3 Å². The molecule has 5 aromatic rings. The summed E-state index contributed by atoms with van der Waals surface area (Å²) in [5.41, 5.74) is 0.00104. The van der Waals surface area contributed by atoms with E-state index in [1.54, 1.807) is 49.4 Å². The number of alkyl halides is 3. The van der Waals surface area contributed by atoms with Crippen molar-refractivity contribution < 1.29 is 95.9 Å². The largest absolute Gasteiger partial charge is 0.573 e. The van der Waals surface area contributed by atoms with Crippen molar-refractivity contribution in [3.05, 3.63) is 118 Å². The van der Waals surface area contributed by atoms with Crippen LogP contribution in [-0.4, -0.2) is 182 Å². The number of aromatic hydroxyl groups is 3. The second kappa shape index (κ2) is 29.6. The molecule has 6 aliphatic heterocycles. The smallest absolute Gasteiger partial charge is 0.507 e. The van der Waals surface area contributed by atoms with Crippen LogP contribution >= 0.6 is 0 Å².